The highest BCUT2D eigenvalue weighted by molar-refractivity contribution is 5.85. The fourth-order valence-corrected chi connectivity index (χ4v) is 3.31. The van der Waals surface area contributed by atoms with Crippen molar-refractivity contribution < 1.29 is 9.59 Å². The topological polar surface area (TPSA) is 52.7 Å². The number of piperazine rings is 1. The van der Waals surface area contributed by atoms with Gasteiger partial charge in [-0.1, -0.05) is 49.4 Å². The summed E-state index contributed by atoms with van der Waals surface area (Å²) in [7, 11) is 0. The second-order valence-electron chi connectivity index (χ2n) is 6.34. The Kier molecular flexibility index (Phi) is 5.53. The summed E-state index contributed by atoms with van der Waals surface area (Å²) >= 11 is 0. The van der Waals surface area contributed by atoms with Gasteiger partial charge in [-0.25, -0.2) is 4.79 Å². The first-order valence-electron chi connectivity index (χ1n) is 8.96. The number of hydrogen-bond donors (Lipinski definition) is 1. The van der Waals surface area contributed by atoms with E-state index in [2.05, 4.69) is 35.6 Å². The normalized spacial score (nSPS) is 14.6. The molecule has 0 bridgehead atoms. The van der Waals surface area contributed by atoms with Crippen LogP contribution in [0.4, 0.5) is 4.79 Å². The highest BCUT2D eigenvalue weighted by Crippen LogP contribution is 2.18. The first kappa shape index (κ1) is 17.3. The molecule has 0 radical (unpaired) electrons. The van der Waals surface area contributed by atoms with E-state index >= 15 is 0 Å². The lowest BCUT2D eigenvalue weighted by Gasteiger charge is -2.34. The molecule has 5 nitrogen and oxygen atoms in total. The van der Waals surface area contributed by atoms with E-state index in [1.807, 2.05) is 24.0 Å². The molecule has 5 heteroatoms. The lowest BCUT2D eigenvalue weighted by molar-refractivity contribution is -0.132. The van der Waals surface area contributed by atoms with Crippen molar-refractivity contribution in [3.8, 4) is 0 Å². The first-order valence-corrected chi connectivity index (χ1v) is 8.96. The van der Waals surface area contributed by atoms with Gasteiger partial charge < -0.3 is 15.1 Å². The average Bonchev–Trinajstić information content (AvgIpc) is 2.67. The molecule has 132 valence electrons. The molecule has 1 saturated heterocycles. The average molecular weight is 339 g/mol. The number of amides is 3. The van der Waals surface area contributed by atoms with Crippen LogP contribution in [0.3, 0.4) is 0 Å². The molecule has 25 heavy (non-hydrogen) atoms. The van der Waals surface area contributed by atoms with Gasteiger partial charge in [-0.3, -0.25) is 4.79 Å². The van der Waals surface area contributed by atoms with Crippen molar-refractivity contribution in [2.45, 2.75) is 19.8 Å². The van der Waals surface area contributed by atoms with Crippen LogP contribution in [0.5, 0.6) is 0 Å². The maximum Gasteiger partial charge on any atom is 0.317 e. The van der Waals surface area contributed by atoms with Crippen LogP contribution in [-0.4, -0.2) is 54.5 Å². The van der Waals surface area contributed by atoms with Crippen LogP contribution >= 0.6 is 0 Å². The van der Waals surface area contributed by atoms with Gasteiger partial charge in [0, 0.05) is 39.1 Å². The molecule has 3 rings (SSSR count). The van der Waals surface area contributed by atoms with Crippen LogP contribution in [0, 0.1) is 0 Å². The molecule has 1 aliphatic rings. The predicted octanol–water partition coefficient (Wildman–Crippen LogP) is 2.65. The summed E-state index contributed by atoms with van der Waals surface area (Å²) < 4.78 is 0. The molecular weight excluding hydrogens is 314 g/mol. The van der Waals surface area contributed by atoms with Gasteiger partial charge in [0.2, 0.25) is 5.91 Å². The van der Waals surface area contributed by atoms with Crippen molar-refractivity contribution in [3.63, 3.8) is 0 Å². The van der Waals surface area contributed by atoms with Gasteiger partial charge >= 0.3 is 6.03 Å². The third-order valence-electron chi connectivity index (χ3n) is 4.77. The van der Waals surface area contributed by atoms with Gasteiger partial charge in [0.15, 0.2) is 0 Å². The zero-order valence-electron chi connectivity index (χ0n) is 14.7. The molecular formula is C20H25N3O2. The zero-order chi connectivity index (χ0) is 17.6. The third-order valence-corrected chi connectivity index (χ3v) is 4.77. The lowest BCUT2D eigenvalue weighted by atomic mass is 10.0. The number of carbonyl (C=O) groups is 2. The van der Waals surface area contributed by atoms with Gasteiger partial charge in [0.1, 0.15) is 0 Å². The maximum atomic E-state index is 12.3. The van der Waals surface area contributed by atoms with Gasteiger partial charge in [0.05, 0.1) is 0 Å². The number of carbonyl (C=O) groups excluding carboxylic acids is 2. The molecule has 1 N–H and O–H groups in total. The van der Waals surface area contributed by atoms with Crippen LogP contribution in [0.15, 0.2) is 42.5 Å². The zero-order valence-corrected chi connectivity index (χ0v) is 14.7. The van der Waals surface area contributed by atoms with Gasteiger partial charge in [0.25, 0.3) is 0 Å². The van der Waals surface area contributed by atoms with E-state index in [-0.39, 0.29) is 11.9 Å². The largest absolute Gasteiger partial charge is 0.339 e. The van der Waals surface area contributed by atoms with Crippen molar-refractivity contribution in [1.29, 1.82) is 0 Å². The molecule has 0 spiro atoms. The summed E-state index contributed by atoms with van der Waals surface area (Å²) in [5, 5.41) is 5.47. The quantitative estimate of drug-likeness (QED) is 0.931. The highest BCUT2D eigenvalue weighted by Gasteiger charge is 2.22. The molecule has 2 aromatic rings. The van der Waals surface area contributed by atoms with E-state index in [1.54, 1.807) is 4.90 Å². The SMILES string of the molecule is CCC(=O)N1CCN(C(=O)NCCc2cccc3ccccc23)CC1. The lowest BCUT2D eigenvalue weighted by Crippen LogP contribution is -2.53. The van der Waals surface area contributed by atoms with E-state index in [0.717, 1.165) is 6.42 Å². The minimum atomic E-state index is -0.0381. The molecule has 0 aromatic heterocycles. The van der Waals surface area contributed by atoms with Gasteiger partial charge in [-0.2, -0.15) is 0 Å². The monoisotopic (exact) mass is 339 g/mol. The Bertz CT molecular complexity index is 746. The van der Waals surface area contributed by atoms with E-state index in [1.165, 1.54) is 16.3 Å². The number of nitrogens with zero attached hydrogens (tertiary/aromatic N) is 2. The number of benzene rings is 2. The van der Waals surface area contributed by atoms with Gasteiger partial charge in [-0.15, -0.1) is 0 Å². The number of urea groups is 1. The van der Waals surface area contributed by atoms with E-state index in [9.17, 15) is 9.59 Å². The standard InChI is InChI=1S/C20H25N3O2/c1-2-19(24)22-12-14-23(15-13-22)20(25)21-11-10-17-8-5-7-16-6-3-4-9-18(16)17/h3-9H,2,10-15H2,1H3,(H,21,25). The van der Waals surface area contributed by atoms with Crippen LogP contribution in [-0.2, 0) is 11.2 Å². The van der Waals surface area contributed by atoms with Crippen molar-refractivity contribution >= 4 is 22.7 Å². The molecule has 2 aromatic carbocycles. The van der Waals surface area contributed by atoms with Crippen LogP contribution < -0.4 is 5.32 Å². The van der Waals surface area contributed by atoms with Crippen LogP contribution in [0.2, 0.25) is 0 Å². The Morgan fingerprint density at radius 2 is 1.64 bits per heavy atom. The number of hydrogen-bond acceptors (Lipinski definition) is 2. The summed E-state index contributed by atoms with van der Waals surface area (Å²) in [4.78, 5) is 27.6. The van der Waals surface area contributed by atoms with E-state index in [4.69, 9.17) is 0 Å². The Morgan fingerprint density at radius 3 is 2.40 bits per heavy atom. The van der Waals surface area contributed by atoms with Crippen molar-refractivity contribution in [2.24, 2.45) is 0 Å². The maximum absolute atomic E-state index is 12.3. The molecule has 0 aliphatic carbocycles. The van der Waals surface area contributed by atoms with Crippen molar-refractivity contribution in [1.82, 2.24) is 15.1 Å². The molecule has 1 heterocycles. The fourth-order valence-electron chi connectivity index (χ4n) is 3.31. The molecule has 1 aliphatic heterocycles. The summed E-state index contributed by atoms with van der Waals surface area (Å²) in [6.07, 6.45) is 1.33. The molecule has 0 atom stereocenters. The van der Waals surface area contributed by atoms with Crippen LogP contribution in [0.25, 0.3) is 10.8 Å². The fraction of sp³-hybridized carbons (Fsp3) is 0.400. The molecule has 3 amide bonds. The van der Waals surface area contributed by atoms with Crippen molar-refractivity contribution in [3.05, 3.63) is 48.0 Å². The molecule has 1 fully saturated rings. The highest BCUT2D eigenvalue weighted by atomic mass is 16.2. The van der Waals surface area contributed by atoms with E-state index < -0.39 is 0 Å². The Hall–Kier alpha value is -2.56. The van der Waals surface area contributed by atoms with Gasteiger partial charge in [-0.05, 0) is 22.8 Å². The van der Waals surface area contributed by atoms with Crippen molar-refractivity contribution in [2.75, 3.05) is 32.7 Å². The Balaban J connectivity index is 1.49. The smallest absolute Gasteiger partial charge is 0.317 e. The summed E-state index contributed by atoms with van der Waals surface area (Å²) in [6, 6.07) is 14.5. The van der Waals surface area contributed by atoms with E-state index in [0.29, 0.717) is 39.1 Å². The minimum absolute atomic E-state index is 0.0381. The number of nitrogens with one attached hydrogen (secondary N) is 1. The summed E-state index contributed by atoms with van der Waals surface area (Å²) in [5.41, 5.74) is 1.25. The Labute approximate surface area is 148 Å². The predicted molar refractivity (Wildman–Crippen MR) is 99.5 cm³/mol. The summed E-state index contributed by atoms with van der Waals surface area (Å²) in [6.45, 7) is 4.94. The van der Waals surface area contributed by atoms with Crippen LogP contribution in [0.1, 0.15) is 18.9 Å². The number of rotatable bonds is 4. The minimum Gasteiger partial charge on any atom is -0.339 e. The molecule has 0 unspecified atom stereocenters. The first-order chi connectivity index (χ1) is 12.2. The third kappa shape index (κ3) is 4.10. The summed E-state index contributed by atoms with van der Waals surface area (Å²) in [5.74, 6) is 0.163. The molecule has 0 saturated carbocycles. The second kappa shape index (κ2) is 8.01. The Morgan fingerprint density at radius 1 is 0.960 bits per heavy atom. The second-order valence-corrected chi connectivity index (χ2v) is 6.34. The number of fused-ring (bicyclic) bond motifs is 1.